The normalized spacial score (nSPS) is 12.0. The first-order chi connectivity index (χ1) is 6.98. The van der Waals surface area contributed by atoms with Gasteiger partial charge in [0.05, 0.1) is 0 Å². The highest BCUT2D eigenvalue weighted by Gasteiger charge is 2.27. The number of rotatable bonds is 1. The lowest BCUT2D eigenvalue weighted by Gasteiger charge is -2.13. The van der Waals surface area contributed by atoms with Crippen LogP contribution in [-0.4, -0.2) is 20.5 Å². The molecule has 2 aromatic rings. The topological polar surface area (TPSA) is 77.8 Å². The summed E-state index contributed by atoms with van der Waals surface area (Å²) in [6.07, 6.45) is 0. The van der Waals surface area contributed by atoms with Crippen LogP contribution in [0.3, 0.4) is 0 Å². The van der Waals surface area contributed by atoms with E-state index in [1.807, 2.05) is 20.8 Å². The van der Waals surface area contributed by atoms with E-state index in [0.29, 0.717) is 23.1 Å². The van der Waals surface area contributed by atoms with Gasteiger partial charge in [0.25, 0.3) is 5.89 Å². The molecule has 0 atom stereocenters. The van der Waals surface area contributed by atoms with E-state index in [0.717, 1.165) is 0 Å². The summed E-state index contributed by atoms with van der Waals surface area (Å²) in [6, 6.07) is 0. The van der Waals surface area contributed by atoms with E-state index in [-0.39, 0.29) is 5.41 Å². The summed E-state index contributed by atoms with van der Waals surface area (Å²) in [6.45, 7) is 7.79. The Hall–Kier alpha value is -1.72. The van der Waals surface area contributed by atoms with Crippen LogP contribution < -0.4 is 0 Å². The zero-order valence-corrected chi connectivity index (χ0v) is 9.11. The summed E-state index contributed by atoms with van der Waals surface area (Å²) >= 11 is 0. The van der Waals surface area contributed by atoms with Crippen molar-refractivity contribution in [3.8, 4) is 11.6 Å². The molecule has 0 aliphatic rings. The predicted molar refractivity (Wildman–Crippen MR) is 51.0 cm³/mol. The molecule has 2 aromatic heterocycles. The van der Waals surface area contributed by atoms with Crippen molar-refractivity contribution in [2.24, 2.45) is 0 Å². The second-order valence-corrected chi connectivity index (χ2v) is 4.36. The molecule has 0 radical (unpaired) electrons. The molecule has 0 aliphatic carbocycles. The quantitative estimate of drug-likeness (QED) is 0.710. The van der Waals surface area contributed by atoms with Crippen LogP contribution in [0.1, 0.15) is 32.3 Å². The largest absolute Gasteiger partial charge is 0.332 e. The highest BCUT2D eigenvalue weighted by atomic mass is 16.6. The molecule has 0 N–H and O–H groups in total. The van der Waals surface area contributed by atoms with Crippen molar-refractivity contribution in [3.05, 3.63) is 11.5 Å². The molecule has 2 heterocycles. The van der Waals surface area contributed by atoms with Crippen LogP contribution in [0.15, 0.2) is 9.15 Å². The van der Waals surface area contributed by atoms with E-state index in [4.69, 9.17) is 9.15 Å². The molecular weight excluding hydrogens is 196 g/mol. The third kappa shape index (κ3) is 1.74. The van der Waals surface area contributed by atoms with Crippen molar-refractivity contribution >= 4 is 0 Å². The first kappa shape index (κ1) is 9.82. The maximum atomic E-state index is 5.02. The average Bonchev–Trinajstić information content (AvgIpc) is 2.68. The maximum Gasteiger partial charge on any atom is 0.282 e. The zero-order chi connectivity index (χ0) is 11.1. The van der Waals surface area contributed by atoms with Gasteiger partial charge < -0.3 is 4.52 Å². The molecule has 6 nitrogen and oxygen atoms in total. The predicted octanol–water partition coefficient (Wildman–Crippen LogP) is 1.73. The maximum absolute atomic E-state index is 5.02. The van der Waals surface area contributed by atoms with Crippen LogP contribution in [0.4, 0.5) is 0 Å². The lowest BCUT2D eigenvalue weighted by Crippen LogP contribution is -2.13. The van der Waals surface area contributed by atoms with Gasteiger partial charge in [-0.2, -0.15) is 4.98 Å². The molecule has 0 spiro atoms. The van der Waals surface area contributed by atoms with E-state index in [1.54, 1.807) is 6.92 Å². The fourth-order valence-electron chi connectivity index (χ4n) is 1.21. The summed E-state index contributed by atoms with van der Waals surface area (Å²) in [5.74, 6) is 0.909. The highest BCUT2D eigenvalue weighted by Crippen LogP contribution is 2.28. The van der Waals surface area contributed by atoms with E-state index in [2.05, 4.69) is 20.5 Å². The van der Waals surface area contributed by atoms with Crippen LogP contribution in [-0.2, 0) is 5.41 Å². The smallest absolute Gasteiger partial charge is 0.282 e. The standard InChI is InChI=1S/C9H12N4O2/c1-5-10-8(14-11-5)6-7(9(2,3)4)13-15-12-6/h1-4H3. The van der Waals surface area contributed by atoms with Gasteiger partial charge in [0.2, 0.25) is 0 Å². The second-order valence-electron chi connectivity index (χ2n) is 4.36. The molecule has 15 heavy (non-hydrogen) atoms. The Labute approximate surface area is 86.6 Å². The van der Waals surface area contributed by atoms with Crippen molar-refractivity contribution in [2.45, 2.75) is 33.1 Å². The van der Waals surface area contributed by atoms with Crippen molar-refractivity contribution < 1.29 is 9.15 Å². The Kier molecular flexibility index (Phi) is 2.06. The third-order valence-corrected chi connectivity index (χ3v) is 1.93. The van der Waals surface area contributed by atoms with Crippen LogP contribution >= 0.6 is 0 Å². The lowest BCUT2D eigenvalue weighted by molar-refractivity contribution is 0.297. The minimum atomic E-state index is -0.169. The van der Waals surface area contributed by atoms with Crippen LogP contribution in [0.2, 0.25) is 0 Å². The lowest BCUT2D eigenvalue weighted by atomic mass is 9.91. The minimum absolute atomic E-state index is 0.169. The van der Waals surface area contributed by atoms with Crippen molar-refractivity contribution in [1.82, 2.24) is 20.5 Å². The first-order valence-electron chi connectivity index (χ1n) is 4.62. The Bertz CT molecular complexity index is 466. The minimum Gasteiger partial charge on any atom is -0.332 e. The van der Waals surface area contributed by atoms with Gasteiger partial charge >= 0.3 is 0 Å². The Balaban J connectivity index is 2.50. The van der Waals surface area contributed by atoms with Crippen LogP contribution in [0.5, 0.6) is 0 Å². The fraction of sp³-hybridized carbons (Fsp3) is 0.556. The van der Waals surface area contributed by atoms with Gasteiger partial charge in [-0.25, -0.2) is 4.63 Å². The van der Waals surface area contributed by atoms with Crippen molar-refractivity contribution in [2.75, 3.05) is 0 Å². The van der Waals surface area contributed by atoms with E-state index < -0.39 is 0 Å². The summed E-state index contributed by atoms with van der Waals surface area (Å²) in [4.78, 5) is 4.09. The zero-order valence-electron chi connectivity index (χ0n) is 9.11. The van der Waals surface area contributed by atoms with Gasteiger partial charge in [-0.3, -0.25) is 0 Å². The van der Waals surface area contributed by atoms with E-state index >= 15 is 0 Å². The van der Waals surface area contributed by atoms with Gasteiger partial charge in [0.15, 0.2) is 11.5 Å². The molecule has 0 aromatic carbocycles. The molecule has 0 amide bonds. The molecule has 0 saturated heterocycles. The highest BCUT2D eigenvalue weighted by molar-refractivity contribution is 5.50. The third-order valence-electron chi connectivity index (χ3n) is 1.93. The number of hydrogen-bond acceptors (Lipinski definition) is 6. The van der Waals surface area contributed by atoms with Gasteiger partial charge in [-0.05, 0) is 12.1 Å². The molecule has 0 saturated carbocycles. The van der Waals surface area contributed by atoms with Crippen LogP contribution in [0, 0.1) is 6.92 Å². The average molecular weight is 208 g/mol. The Morgan fingerprint density at radius 3 is 2.33 bits per heavy atom. The molecule has 6 heteroatoms. The van der Waals surface area contributed by atoms with E-state index in [9.17, 15) is 0 Å². The van der Waals surface area contributed by atoms with Crippen molar-refractivity contribution in [1.29, 1.82) is 0 Å². The fourth-order valence-corrected chi connectivity index (χ4v) is 1.21. The van der Waals surface area contributed by atoms with Gasteiger partial charge in [-0.1, -0.05) is 31.1 Å². The number of nitrogens with zero attached hydrogens (tertiary/aromatic N) is 4. The van der Waals surface area contributed by atoms with Crippen molar-refractivity contribution in [3.63, 3.8) is 0 Å². The number of hydrogen-bond donors (Lipinski definition) is 0. The van der Waals surface area contributed by atoms with Gasteiger partial charge in [0.1, 0.15) is 5.69 Å². The first-order valence-corrected chi connectivity index (χ1v) is 4.62. The second kappa shape index (κ2) is 3.15. The molecule has 0 bridgehead atoms. The molecular formula is C9H12N4O2. The summed E-state index contributed by atoms with van der Waals surface area (Å²) in [5.41, 5.74) is 1.06. The molecule has 80 valence electrons. The Morgan fingerprint density at radius 1 is 1.07 bits per heavy atom. The summed E-state index contributed by atoms with van der Waals surface area (Å²) in [7, 11) is 0. The van der Waals surface area contributed by atoms with Gasteiger partial charge in [0, 0.05) is 5.41 Å². The van der Waals surface area contributed by atoms with E-state index in [1.165, 1.54) is 0 Å². The summed E-state index contributed by atoms with van der Waals surface area (Å²) in [5, 5.41) is 11.3. The SMILES string of the molecule is Cc1noc(-c2nonc2C(C)(C)C)n1. The molecule has 2 rings (SSSR count). The summed E-state index contributed by atoms with van der Waals surface area (Å²) < 4.78 is 9.73. The number of aryl methyl sites for hydroxylation is 1. The Morgan fingerprint density at radius 2 is 1.80 bits per heavy atom. The molecule has 0 fully saturated rings. The number of aromatic nitrogens is 4. The molecule has 0 aliphatic heterocycles. The molecule has 0 unspecified atom stereocenters. The van der Waals surface area contributed by atoms with Crippen LogP contribution in [0.25, 0.3) is 11.6 Å². The van der Waals surface area contributed by atoms with Gasteiger partial charge in [-0.15, -0.1) is 0 Å². The monoisotopic (exact) mass is 208 g/mol.